The second-order valence-corrected chi connectivity index (χ2v) is 69.8. The van der Waals surface area contributed by atoms with E-state index >= 15 is 13.2 Å². The highest BCUT2D eigenvalue weighted by molar-refractivity contribution is 9.10. The van der Waals surface area contributed by atoms with E-state index in [0.717, 1.165) is 63.8 Å². The zero-order chi connectivity index (χ0) is 96.2. The zero-order valence-electron chi connectivity index (χ0n) is 79.5. The second-order valence-electron chi connectivity index (χ2n) is 42.4. The van der Waals surface area contributed by atoms with Crippen LogP contribution < -0.4 is 14.2 Å². The minimum atomic E-state index is -3.52. The Bertz CT molecular complexity index is 6100. The van der Waals surface area contributed by atoms with Crippen LogP contribution in [0.15, 0.2) is 68.9 Å². The Morgan fingerprint density at radius 3 is 1.26 bits per heavy atom. The summed E-state index contributed by atoms with van der Waals surface area (Å²) < 4.78 is 181. The first-order valence-corrected chi connectivity index (χ1v) is 65.1. The second kappa shape index (κ2) is 39.7. The van der Waals surface area contributed by atoms with Gasteiger partial charge in [0.15, 0.2) is 71.6 Å². The number of benzene rings is 3. The Labute approximate surface area is 810 Å². The highest BCUT2D eigenvalue weighted by Gasteiger charge is 2.56. The molecule has 18 rings (SSSR count). The Kier molecular flexibility index (Phi) is 30.0. The number of aromatic amines is 1. The first-order chi connectivity index (χ1) is 63.0. The summed E-state index contributed by atoms with van der Waals surface area (Å²) in [5, 5.41) is 11.4. The van der Waals surface area contributed by atoms with Crippen molar-refractivity contribution in [2.45, 2.75) is 315 Å². The fourth-order valence-electron chi connectivity index (χ4n) is 18.7. The lowest BCUT2D eigenvalue weighted by Gasteiger charge is -2.39. The molecule has 0 saturated carbocycles. The fourth-order valence-corrected chi connectivity index (χ4v) is 25.8. The standard InChI is InChI=1S/C36H53ClFN3O7SSi2.C34H48BrClFN3O5Si2.C24H25ClFN3O6S/c1-10-49(42,43)24-15-22-11-12-23(31(22)26(38)17-24)16-27-25(37)18-28-34(39-27)41(21-44-13-14-50(5,6)7)35(40-28)47-29-19-45-33-30(20-46-32(29)33)48-51(8,9)36(2,3)4;1-34(2,3)47(7,8)45-28-18-43-30-27(17-42-31(28)30)44-33-39-26-16-23(36)25(38-32(26)40(33)19-41-11-12-46(4,5)6)14-21-10-9-20-13-22(35)15-24(37)29(20)21;1-2-36(31,32)13-5-11-3-4-12(20(11)15(26)7-13)6-16-14(25)8-17-23(27-16)29-24(28-17)35-19-10-34-21-18(30)9-33-22(19)21/h15,17-18,23,29-30,32-33H,10-14,16,19-21H2,1-9H3;13,15-16,21,27-28,30-31H,9-12,14,17-19H2,1-8H3;5,7-8,12,18-19,21-22,30H,2-4,6,9-10H2,1H3,(H,27,28,29)/t23?,29-,30-,32-,33-;21?,27-,28-,30-,31-;12?,18-,19-,21-,22-/m111/s1. The van der Waals surface area contributed by atoms with Crippen molar-refractivity contribution >= 4 is 137 Å². The Morgan fingerprint density at radius 1 is 0.478 bits per heavy atom. The molecule has 27 nitrogen and oxygen atoms in total. The van der Waals surface area contributed by atoms with Crippen LogP contribution in [0.5, 0.6) is 18.0 Å². The number of ether oxygens (including phenoxy) is 11. The van der Waals surface area contributed by atoms with Gasteiger partial charge in [-0.2, -0.15) is 15.0 Å². The van der Waals surface area contributed by atoms with E-state index in [9.17, 15) is 21.9 Å². The fraction of sp³-hybridized carbons (Fsp3) is 0.617. The van der Waals surface area contributed by atoms with Gasteiger partial charge in [-0.15, -0.1) is 0 Å². The van der Waals surface area contributed by atoms with E-state index in [1.165, 1.54) is 0 Å². The number of aromatic nitrogens is 9. The molecule has 9 aromatic rings. The van der Waals surface area contributed by atoms with Gasteiger partial charge in [0.1, 0.15) is 84.7 Å². The normalized spacial score (nSPS) is 25.2. The quantitative estimate of drug-likeness (QED) is 0.0312. The van der Waals surface area contributed by atoms with Crippen LogP contribution in [-0.4, -0.2) is 236 Å². The summed E-state index contributed by atoms with van der Waals surface area (Å²) in [5.74, 6) is -1.73. The Morgan fingerprint density at radius 2 is 0.843 bits per heavy atom. The highest BCUT2D eigenvalue weighted by Crippen LogP contribution is 2.48. The van der Waals surface area contributed by atoms with Gasteiger partial charge in [-0.3, -0.25) is 9.13 Å². The summed E-state index contributed by atoms with van der Waals surface area (Å²) in [7, 11) is -13.7. The SMILES string of the molecule is CC(C)(C)[Si](C)(C)O[C@@H]1CO[C@H]2[C@@H]1OC[C@H]2Oc1nc2cc(Cl)c(CC3CCc4cc(Br)cc(F)c43)nc2n1COCC[Si](C)(C)C.CCS(=O)(=O)c1cc(F)c2c(c1)CCC2Cc1nc2c(cc1Cl)nc(O[C@@H]1CO[C@H]3[C@@H]1OC[C@H]3O[Si](C)(C)C(C)(C)C)n2COCC[Si](C)(C)C.CCS(=O)(=O)c1cc(F)c2c(c1)CCC2Cc1nc2nc(O[C@@H]3CO[C@H]4[C@@H]3OC[C@H]4O)[nH]c2cc1Cl. The van der Waals surface area contributed by atoms with Crippen LogP contribution in [-0.2, 0) is 118 Å². The van der Waals surface area contributed by atoms with Gasteiger partial charge in [0.25, 0.3) is 6.01 Å². The lowest BCUT2D eigenvalue weighted by Crippen LogP contribution is -2.47. The number of rotatable bonds is 30. The molecule has 40 heteroatoms. The van der Waals surface area contributed by atoms with Crippen molar-refractivity contribution < 1.29 is 96.1 Å². The Balaban J connectivity index is 0.000000148. The summed E-state index contributed by atoms with van der Waals surface area (Å²) in [6.45, 7) is 43.1. The van der Waals surface area contributed by atoms with Crippen molar-refractivity contribution in [3.8, 4) is 18.0 Å². The lowest BCUT2D eigenvalue weighted by molar-refractivity contribution is 0.00684. The van der Waals surface area contributed by atoms with Crippen LogP contribution >= 0.6 is 50.7 Å². The molecule has 3 aliphatic carbocycles. The molecule has 732 valence electrons. The maximum absolute atomic E-state index is 15.5. The minimum absolute atomic E-state index is 0.00536. The van der Waals surface area contributed by atoms with Crippen LogP contribution in [0.1, 0.15) is 143 Å². The molecule has 134 heavy (non-hydrogen) atoms. The van der Waals surface area contributed by atoms with Crippen LogP contribution in [0.2, 0.25) is 103 Å². The van der Waals surface area contributed by atoms with Gasteiger partial charge in [0.05, 0.1) is 111 Å². The molecule has 0 radical (unpaired) electrons. The first kappa shape index (κ1) is 101. The number of hydrogen-bond acceptors (Lipinski definition) is 24. The maximum atomic E-state index is 15.5. The number of nitrogens with one attached hydrogen (secondary N) is 1. The molecule has 15 atom stereocenters. The van der Waals surface area contributed by atoms with E-state index in [0.29, 0.717) is 173 Å². The lowest BCUT2D eigenvalue weighted by atomic mass is 9.95. The van der Waals surface area contributed by atoms with Gasteiger partial charge < -0.3 is 71.0 Å². The topological polar surface area (TPSA) is 311 Å². The summed E-state index contributed by atoms with van der Waals surface area (Å²) in [6, 6.07) is 17.4. The molecule has 6 aromatic heterocycles. The summed E-state index contributed by atoms with van der Waals surface area (Å²) in [4.78, 5) is 31.9. The predicted octanol–water partition coefficient (Wildman–Crippen LogP) is 18.8. The molecule has 6 fully saturated rings. The average molecular weight is 2090 g/mol. The number of nitrogens with zero attached hydrogens (tertiary/aromatic N) is 8. The summed E-state index contributed by atoms with van der Waals surface area (Å²) >= 11 is 23.6. The first-order valence-electron chi connectivity index (χ1n) is 46.6. The number of pyridine rings is 3. The van der Waals surface area contributed by atoms with Gasteiger partial charge in [-0.25, -0.2) is 45.0 Å². The molecule has 3 unspecified atom stereocenters. The molecule has 9 aliphatic rings. The minimum Gasteiger partial charge on any atom is -0.456 e. The van der Waals surface area contributed by atoms with E-state index < -0.39 is 88.5 Å². The molecule has 3 aromatic carbocycles. The van der Waals surface area contributed by atoms with Crippen LogP contribution in [0.4, 0.5) is 13.2 Å². The number of halogens is 7. The molecular weight excluding hydrogens is 1960 g/mol. The van der Waals surface area contributed by atoms with Gasteiger partial charge in [0, 0.05) is 33.8 Å². The predicted molar refractivity (Wildman–Crippen MR) is 521 cm³/mol. The summed E-state index contributed by atoms with van der Waals surface area (Å²) in [5.41, 5.74) is 9.58. The van der Waals surface area contributed by atoms with Gasteiger partial charge in [0.2, 0.25) is 0 Å². The van der Waals surface area contributed by atoms with Gasteiger partial charge in [-0.1, -0.05) is 145 Å². The van der Waals surface area contributed by atoms with Crippen molar-refractivity contribution in [1.29, 1.82) is 0 Å². The van der Waals surface area contributed by atoms with Gasteiger partial charge in [-0.05, 0) is 212 Å². The average Bonchev–Trinajstić information content (AvgIpc) is 1.60. The van der Waals surface area contributed by atoms with E-state index in [1.54, 1.807) is 44.2 Å². The molecular formula is C94H126BrCl3F3N9O18S2Si4. The largest absolute Gasteiger partial charge is 0.456 e. The molecule has 6 saturated heterocycles. The van der Waals surface area contributed by atoms with E-state index in [-0.39, 0.29) is 136 Å². The smallest absolute Gasteiger partial charge is 0.301 e. The van der Waals surface area contributed by atoms with E-state index in [4.69, 9.17) is 116 Å². The number of imidazole rings is 3. The molecule has 2 N–H and O–H groups in total. The maximum Gasteiger partial charge on any atom is 0.301 e. The number of fused-ring (bicyclic) bond motifs is 9. The third kappa shape index (κ3) is 21.9. The van der Waals surface area contributed by atoms with Crippen molar-refractivity contribution in [1.82, 2.24) is 44.0 Å². The molecule has 6 aliphatic heterocycles. The number of sulfone groups is 2. The zero-order valence-corrected chi connectivity index (χ0v) is 89.0. The van der Waals surface area contributed by atoms with E-state index in [1.807, 2.05) is 21.3 Å². The molecule has 0 amide bonds. The number of aryl methyl sites for hydroxylation is 3. The van der Waals surface area contributed by atoms with Crippen LogP contribution in [0, 0.1) is 17.5 Å². The monoisotopic (exact) mass is 2090 g/mol. The van der Waals surface area contributed by atoms with Crippen molar-refractivity contribution in [3.05, 3.63) is 142 Å². The number of aliphatic hydroxyl groups is 1. The Hall–Kier alpha value is -5.61. The van der Waals surface area contributed by atoms with Crippen molar-refractivity contribution in [2.75, 3.05) is 64.4 Å². The molecule has 12 heterocycles. The van der Waals surface area contributed by atoms with E-state index in [2.05, 4.69) is 138 Å². The third-order valence-electron chi connectivity index (χ3n) is 28.4. The molecule has 0 spiro atoms. The summed E-state index contributed by atoms with van der Waals surface area (Å²) in [6.07, 6.45) is 1.55. The number of aliphatic hydroxyl groups excluding tert-OH is 1. The van der Waals surface area contributed by atoms with Crippen LogP contribution in [0.3, 0.4) is 0 Å². The van der Waals surface area contributed by atoms with Gasteiger partial charge >= 0.3 is 12.0 Å². The number of hydrogen-bond donors (Lipinski definition) is 2. The van der Waals surface area contributed by atoms with Crippen LogP contribution in [0.25, 0.3) is 33.5 Å². The highest BCUT2D eigenvalue weighted by atomic mass is 79.9. The molecule has 0 bridgehead atoms. The van der Waals surface area contributed by atoms with Crippen molar-refractivity contribution in [3.63, 3.8) is 0 Å². The third-order valence-corrected chi connectivity index (χ3v) is 45.7. The number of H-pyrrole nitrogens is 1. The van der Waals surface area contributed by atoms with Crippen molar-refractivity contribution in [2.24, 2.45) is 0 Å².